The lowest BCUT2D eigenvalue weighted by atomic mass is 10.3. The molecule has 140 valence electrons. The van der Waals surface area contributed by atoms with Gasteiger partial charge in [-0.05, 0) is 48.5 Å². The van der Waals surface area contributed by atoms with Crippen molar-refractivity contribution in [2.45, 2.75) is 4.90 Å². The highest BCUT2D eigenvalue weighted by Crippen LogP contribution is 2.26. The molecule has 2 aromatic carbocycles. The molecule has 4 rings (SSSR count). The van der Waals surface area contributed by atoms with Crippen LogP contribution < -0.4 is 10.6 Å². The molecule has 0 unspecified atom stereocenters. The van der Waals surface area contributed by atoms with Gasteiger partial charge < -0.3 is 15.1 Å². The van der Waals surface area contributed by atoms with Gasteiger partial charge >= 0.3 is 0 Å². The van der Waals surface area contributed by atoms with Crippen LogP contribution in [0.5, 0.6) is 0 Å². The SMILES string of the molecule is O=C(CSc1ccc(NC(=O)c2ccco2)cc1)Nc1nc2ccccc2s1. The lowest BCUT2D eigenvalue weighted by molar-refractivity contribution is -0.113. The first-order chi connectivity index (χ1) is 13.7. The van der Waals surface area contributed by atoms with Crippen molar-refractivity contribution < 1.29 is 14.0 Å². The number of carbonyl (C=O) groups excluding carboxylic acids is 2. The Morgan fingerprint density at radius 1 is 1.00 bits per heavy atom. The number of thioether (sulfide) groups is 1. The summed E-state index contributed by atoms with van der Waals surface area (Å²) in [6, 6.07) is 18.3. The average Bonchev–Trinajstić information content (AvgIpc) is 3.37. The third kappa shape index (κ3) is 4.41. The quantitative estimate of drug-likeness (QED) is 0.444. The van der Waals surface area contributed by atoms with Crippen LogP contribution in [-0.2, 0) is 4.79 Å². The number of nitrogens with one attached hydrogen (secondary N) is 2. The third-order valence-corrected chi connectivity index (χ3v) is 5.73. The summed E-state index contributed by atoms with van der Waals surface area (Å²) in [6.45, 7) is 0. The summed E-state index contributed by atoms with van der Waals surface area (Å²) in [6.07, 6.45) is 1.45. The van der Waals surface area contributed by atoms with Crippen LogP contribution >= 0.6 is 23.1 Å². The number of furan rings is 1. The minimum Gasteiger partial charge on any atom is -0.459 e. The van der Waals surface area contributed by atoms with E-state index in [4.69, 9.17) is 4.42 Å². The number of benzene rings is 2. The Kier molecular flexibility index (Phi) is 5.41. The second-order valence-corrected chi connectivity index (χ2v) is 7.86. The zero-order valence-corrected chi connectivity index (χ0v) is 16.2. The number of rotatable bonds is 6. The Hall–Kier alpha value is -3.10. The maximum absolute atomic E-state index is 12.2. The molecule has 4 aromatic rings. The van der Waals surface area contributed by atoms with E-state index in [0.29, 0.717) is 10.8 Å². The smallest absolute Gasteiger partial charge is 0.291 e. The number of amides is 2. The van der Waals surface area contributed by atoms with Crippen LogP contribution in [0, 0.1) is 0 Å². The minimum absolute atomic E-state index is 0.112. The van der Waals surface area contributed by atoms with Crippen molar-refractivity contribution in [3.05, 3.63) is 72.7 Å². The standard InChI is InChI=1S/C20H15N3O3S2/c24-18(23-20-22-15-4-1-2-6-17(15)28-20)12-27-14-9-7-13(8-10-14)21-19(25)16-5-3-11-26-16/h1-11H,12H2,(H,21,25)(H,22,23,24). The summed E-state index contributed by atoms with van der Waals surface area (Å²) in [5.74, 6) is 0.110. The first-order valence-electron chi connectivity index (χ1n) is 8.40. The number of anilines is 2. The fraction of sp³-hybridized carbons (Fsp3) is 0.0500. The summed E-state index contributed by atoms with van der Waals surface area (Å²) < 4.78 is 6.10. The molecule has 0 radical (unpaired) electrons. The minimum atomic E-state index is -0.305. The highest BCUT2D eigenvalue weighted by atomic mass is 32.2. The van der Waals surface area contributed by atoms with Crippen molar-refractivity contribution in [2.75, 3.05) is 16.4 Å². The van der Waals surface area contributed by atoms with E-state index in [1.54, 1.807) is 24.3 Å². The summed E-state index contributed by atoms with van der Waals surface area (Å²) >= 11 is 2.87. The molecular weight excluding hydrogens is 394 g/mol. The molecular formula is C20H15N3O3S2. The maximum Gasteiger partial charge on any atom is 0.291 e. The molecule has 2 aromatic heterocycles. The highest BCUT2D eigenvalue weighted by Gasteiger charge is 2.10. The van der Waals surface area contributed by atoms with Crippen molar-refractivity contribution in [1.29, 1.82) is 0 Å². The first-order valence-corrected chi connectivity index (χ1v) is 10.2. The van der Waals surface area contributed by atoms with Gasteiger partial charge in [-0.1, -0.05) is 23.5 Å². The maximum atomic E-state index is 12.2. The predicted molar refractivity (Wildman–Crippen MR) is 112 cm³/mol. The van der Waals surface area contributed by atoms with Crippen LogP contribution in [0.3, 0.4) is 0 Å². The Bertz CT molecular complexity index is 1070. The number of fused-ring (bicyclic) bond motifs is 1. The van der Waals surface area contributed by atoms with Gasteiger partial charge in [0.25, 0.3) is 5.91 Å². The van der Waals surface area contributed by atoms with Gasteiger partial charge in [0.2, 0.25) is 5.91 Å². The zero-order valence-electron chi connectivity index (χ0n) is 14.5. The van der Waals surface area contributed by atoms with E-state index in [1.807, 2.05) is 36.4 Å². The van der Waals surface area contributed by atoms with Gasteiger partial charge in [-0.3, -0.25) is 9.59 Å². The normalized spacial score (nSPS) is 10.7. The van der Waals surface area contributed by atoms with Gasteiger partial charge in [-0.2, -0.15) is 0 Å². The van der Waals surface area contributed by atoms with Crippen molar-refractivity contribution in [2.24, 2.45) is 0 Å². The van der Waals surface area contributed by atoms with Gasteiger partial charge in [-0.15, -0.1) is 11.8 Å². The van der Waals surface area contributed by atoms with E-state index >= 15 is 0 Å². The molecule has 0 aliphatic rings. The fourth-order valence-corrected chi connectivity index (χ4v) is 4.05. The molecule has 0 spiro atoms. The van der Waals surface area contributed by atoms with Gasteiger partial charge in [0.15, 0.2) is 10.9 Å². The lowest BCUT2D eigenvalue weighted by Crippen LogP contribution is -2.13. The molecule has 0 fully saturated rings. The van der Waals surface area contributed by atoms with E-state index in [2.05, 4.69) is 15.6 Å². The van der Waals surface area contributed by atoms with Crippen molar-refractivity contribution in [3.63, 3.8) is 0 Å². The molecule has 0 atom stereocenters. The van der Waals surface area contributed by atoms with Crippen LogP contribution in [0.1, 0.15) is 10.6 Å². The van der Waals surface area contributed by atoms with E-state index in [1.165, 1.54) is 29.4 Å². The van der Waals surface area contributed by atoms with Crippen LogP contribution in [-0.4, -0.2) is 22.6 Å². The van der Waals surface area contributed by atoms with E-state index in [0.717, 1.165) is 15.1 Å². The summed E-state index contributed by atoms with van der Waals surface area (Å²) in [4.78, 5) is 29.4. The molecule has 0 aliphatic heterocycles. The Balaban J connectivity index is 1.29. The molecule has 8 heteroatoms. The second kappa shape index (κ2) is 8.28. The predicted octanol–water partition coefficient (Wildman–Crippen LogP) is 4.87. The Morgan fingerprint density at radius 3 is 2.57 bits per heavy atom. The van der Waals surface area contributed by atoms with Crippen LogP contribution in [0.2, 0.25) is 0 Å². The molecule has 2 N–H and O–H groups in total. The molecule has 0 aliphatic carbocycles. The van der Waals surface area contributed by atoms with Gasteiger partial charge in [0.1, 0.15) is 0 Å². The molecule has 2 amide bonds. The number of nitrogens with zero attached hydrogens (tertiary/aromatic N) is 1. The topological polar surface area (TPSA) is 84.2 Å². The van der Waals surface area contributed by atoms with Gasteiger partial charge in [0, 0.05) is 10.6 Å². The van der Waals surface area contributed by atoms with Crippen LogP contribution in [0.4, 0.5) is 10.8 Å². The number of para-hydroxylation sites is 1. The second-order valence-electron chi connectivity index (χ2n) is 5.78. The first kappa shape index (κ1) is 18.3. The highest BCUT2D eigenvalue weighted by molar-refractivity contribution is 8.00. The van der Waals surface area contributed by atoms with Crippen molar-refractivity contribution >= 4 is 55.9 Å². The third-order valence-electron chi connectivity index (χ3n) is 3.77. The van der Waals surface area contributed by atoms with Gasteiger partial charge in [0.05, 0.1) is 22.2 Å². The van der Waals surface area contributed by atoms with Crippen LogP contribution in [0.15, 0.2) is 76.2 Å². The Labute approximate surface area is 169 Å². The number of carbonyl (C=O) groups is 2. The average molecular weight is 409 g/mol. The molecule has 28 heavy (non-hydrogen) atoms. The molecule has 0 saturated heterocycles. The van der Waals surface area contributed by atoms with E-state index < -0.39 is 0 Å². The molecule has 0 saturated carbocycles. The lowest BCUT2D eigenvalue weighted by Gasteiger charge is -2.05. The Morgan fingerprint density at radius 2 is 1.82 bits per heavy atom. The number of hydrogen-bond acceptors (Lipinski definition) is 6. The number of thiazole rings is 1. The monoisotopic (exact) mass is 409 g/mol. The van der Waals surface area contributed by atoms with Crippen LogP contribution in [0.25, 0.3) is 10.2 Å². The summed E-state index contributed by atoms with van der Waals surface area (Å²) in [5, 5.41) is 6.19. The zero-order chi connectivity index (χ0) is 19.3. The van der Waals surface area contributed by atoms with Gasteiger partial charge in [-0.25, -0.2) is 4.98 Å². The van der Waals surface area contributed by atoms with E-state index in [9.17, 15) is 9.59 Å². The fourth-order valence-electron chi connectivity index (χ4n) is 2.46. The van der Waals surface area contributed by atoms with Crippen molar-refractivity contribution in [1.82, 2.24) is 4.98 Å². The summed E-state index contributed by atoms with van der Waals surface area (Å²) in [7, 11) is 0. The number of hydrogen-bond donors (Lipinski definition) is 2. The largest absolute Gasteiger partial charge is 0.459 e. The molecule has 2 heterocycles. The molecule has 6 nitrogen and oxygen atoms in total. The van der Waals surface area contributed by atoms with Crippen molar-refractivity contribution in [3.8, 4) is 0 Å². The van der Waals surface area contributed by atoms with E-state index in [-0.39, 0.29) is 23.3 Å². The number of aromatic nitrogens is 1. The summed E-state index contributed by atoms with van der Waals surface area (Å²) in [5.41, 5.74) is 1.53. The molecule has 0 bridgehead atoms.